The Bertz CT molecular complexity index is 690. The average Bonchev–Trinajstić information content (AvgIpc) is 2.82. The summed E-state index contributed by atoms with van der Waals surface area (Å²) in [7, 11) is 0. The molecule has 2 N–H and O–H groups in total. The Labute approximate surface area is 126 Å². The summed E-state index contributed by atoms with van der Waals surface area (Å²) in [6.45, 7) is 6.08. The highest BCUT2D eigenvalue weighted by molar-refractivity contribution is 6.30. The summed E-state index contributed by atoms with van der Waals surface area (Å²) in [6.07, 6.45) is 0. The third kappa shape index (κ3) is 2.88. The summed E-state index contributed by atoms with van der Waals surface area (Å²) >= 11 is 5.84. The Hall–Kier alpha value is -1.99. The van der Waals surface area contributed by atoms with Crippen molar-refractivity contribution in [3.63, 3.8) is 0 Å². The van der Waals surface area contributed by atoms with Crippen LogP contribution in [0.15, 0.2) is 18.2 Å². The lowest BCUT2D eigenvalue weighted by Crippen LogP contribution is -2.26. The SMILES string of the molecule is CC(C)(C)n1c(CN)nnc1-c1ccc(Cl)cc1[N+](=O)[O-]. The summed E-state index contributed by atoms with van der Waals surface area (Å²) in [5.74, 6) is 0.980. The average molecular weight is 310 g/mol. The molecule has 1 aromatic carbocycles. The number of nitrogens with zero attached hydrogens (tertiary/aromatic N) is 4. The van der Waals surface area contributed by atoms with Crippen LogP contribution in [0.1, 0.15) is 26.6 Å². The minimum Gasteiger partial charge on any atom is -0.324 e. The molecule has 0 radical (unpaired) electrons. The van der Waals surface area contributed by atoms with Gasteiger partial charge in [0.2, 0.25) is 0 Å². The van der Waals surface area contributed by atoms with Crippen LogP contribution in [0.25, 0.3) is 11.4 Å². The number of nitro benzene ring substituents is 1. The smallest absolute Gasteiger partial charge is 0.281 e. The van der Waals surface area contributed by atoms with Crippen molar-refractivity contribution in [3.8, 4) is 11.4 Å². The number of halogens is 1. The molecule has 2 rings (SSSR count). The molecule has 0 saturated heterocycles. The van der Waals surface area contributed by atoms with Crippen LogP contribution in [0.4, 0.5) is 5.69 Å². The van der Waals surface area contributed by atoms with Gasteiger partial charge in [-0.15, -0.1) is 10.2 Å². The second-order valence-electron chi connectivity index (χ2n) is 5.57. The fourth-order valence-electron chi connectivity index (χ4n) is 2.17. The predicted molar refractivity (Wildman–Crippen MR) is 80.0 cm³/mol. The van der Waals surface area contributed by atoms with Crippen LogP contribution in [-0.4, -0.2) is 19.7 Å². The molecule has 1 aromatic heterocycles. The molecule has 0 spiro atoms. The fraction of sp³-hybridized carbons (Fsp3) is 0.385. The first-order chi connectivity index (χ1) is 9.75. The lowest BCUT2D eigenvalue weighted by atomic mass is 10.1. The van der Waals surface area contributed by atoms with Gasteiger partial charge in [0.05, 0.1) is 17.0 Å². The van der Waals surface area contributed by atoms with Crippen LogP contribution in [0, 0.1) is 10.1 Å². The lowest BCUT2D eigenvalue weighted by molar-refractivity contribution is -0.384. The largest absolute Gasteiger partial charge is 0.324 e. The summed E-state index contributed by atoms with van der Waals surface area (Å²) < 4.78 is 1.81. The number of rotatable bonds is 3. The lowest BCUT2D eigenvalue weighted by Gasteiger charge is -2.24. The zero-order valence-corrected chi connectivity index (χ0v) is 12.8. The molecule has 0 fully saturated rings. The van der Waals surface area contributed by atoms with Gasteiger partial charge in [-0.25, -0.2) is 0 Å². The second kappa shape index (κ2) is 5.42. The highest BCUT2D eigenvalue weighted by Crippen LogP contribution is 2.34. The predicted octanol–water partition coefficient (Wildman–Crippen LogP) is 2.72. The molecule has 0 aliphatic rings. The number of hydrogen-bond acceptors (Lipinski definition) is 5. The third-order valence-electron chi connectivity index (χ3n) is 2.98. The highest BCUT2D eigenvalue weighted by atomic mass is 35.5. The van der Waals surface area contributed by atoms with Gasteiger partial charge in [-0.05, 0) is 32.9 Å². The maximum atomic E-state index is 11.2. The summed E-state index contributed by atoms with van der Waals surface area (Å²) in [5, 5.41) is 19.7. The first kappa shape index (κ1) is 15.4. The monoisotopic (exact) mass is 309 g/mol. The minimum atomic E-state index is -0.481. The van der Waals surface area contributed by atoms with Crippen LogP contribution in [0.2, 0.25) is 5.02 Å². The van der Waals surface area contributed by atoms with Crippen LogP contribution < -0.4 is 5.73 Å². The molecule has 7 nitrogen and oxygen atoms in total. The van der Waals surface area contributed by atoms with Crippen LogP contribution >= 0.6 is 11.6 Å². The van der Waals surface area contributed by atoms with E-state index < -0.39 is 4.92 Å². The van der Waals surface area contributed by atoms with Gasteiger partial charge in [0.1, 0.15) is 5.82 Å². The van der Waals surface area contributed by atoms with Gasteiger partial charge < -0.3 is 10.3 Å². The standard InChI is InChI=1S/C13H16ClN5O2/c1-13(2,3)18-11(7-15)16-17-12(18)9-5-4-8(14)6-10(9)19(20)21/h4-6H,7,15H2,1-3H3. The summed E-state index contributed by atoms with van der Waals surface area (Å²) in [4.78, 5) is 10.8. The van der Waals surface area contributed by atoms with Crippen molar-refractivity contribution in [2.75, 3.05) is 0 Å². The number of hydrogen-bond donors (Lipinski definition) is 1. The van der Waals surface area contributed by atoms with E-state index in [1.165, 1.54) is 6.07 Å². The van der Waals surface area contributed by atoms with Crippen molar-refractivity contribution in [1.82, 2.24) is 14.8 Å². The number of nitrogens with two attached hydrogens (primary N) is 1. The summed E-state index contributed by atoms with van der Waals surface area (Å²) in [6, 6.07) is 4.47. The van der Waals surface area contributed by atoms with E-state index >= 15 is 0 Å². The molecule has 0 aliphatic heterocycles. The Morgan fingerprint density at radius 2 is 2.05 bits per heavy atom. The van der Waals surface area contributed by atoms with Gasteiger partial charge in [0, 0.05) is 16.6 Å². The van der Waals surface area contributed by atoms with Crippen LogP contribution in [-0.2, 0) is 12.1 Å². The Morgan fingerprint density at radius 1 is 1.38 bits per heavy atom. The molecule has 2 aromatic rings. The van der Waals surface area contributed by atoms with Crippen molar-refractivity contribution in [2.24, 2.45) is 5.73 Å². The van der Waals surface area contributed by atoms with E-state index in [0.29, 0.717) is 22.2 Å². The zero-order chi connectivity index (χ0) is 15.8. The molecule has 0 bridgehead atoms. The molecule has 21 heavy (non-hydrogen) atoms. The van der Waals surface area contributed by atoms with Crippen LogP contribution in [0.3, 0.4) is 0 Å². The van der Waals surface area contributed by atoms with Gasteiger partial charge >= 0.3 is 0 Å². The molecule has 0 unspecified atom stereocenters. The van der Waals surface area contributed by atoms with Crippen molar-refractivity contribution in [3.05, 3.63) is 39.2 Å². The topological polar surface area (TPSA) is 99.9 Å². The summed E-state index contributed by atoms with van der Waals surface area (Å²) in [5.41, 5.74) is 5.58. The third-order valence-corrected chi connectivity index (χ3v) is 3.22. The van der Waals surface area contributed by atoms with E-state index in [2.05, 4.69) is 10.2 Å². The van der Waals surface area contributed by atoms with Crippen LogP contribution in [0.5, 0.6) is 0 Å². The van der Waals surface area contributed by atoms with Gasteiger partial charge in [0.15, 0.2) is 5.82 Å². The quantitative estimate of drug-likeness (QED) is 0.694. The van der Waals surface area contributed by atoms with E-state index in [9.17, 15) is 10.1 Å². The minimum absolute atomic E-state index is 0.107. The molecule has 0 aliphatic carbocycles. The second-order valence-corrected chi connectivity index (χ2v) is 6.01. The first-order valence-corrected chi connectivity index (χ1v) is 6.72. The molecule has 0 atom stereocenters. The van der Waals surface area contributed by atoms with Gasteiger partial charge in [0.25, 0.3) is 5.69 Å². The van der Waals surface area contributed by atoms with E-state index in [4.69, 9.17) is 17.3 Å². The molecular weight excluding hydrogens is 294 g/mol. The Kier molecular flexibility index (Phi) is 3.97. The van der Waals surface area contributed by atoms with Crippen molar-refractivity contribution in [1.29, 1.82) is 0 Å². The molecular formula is C13H16ClN5O2. The number of benzene rings is 1. The molecule has 112 valence electrons. The van der Waals surface area contributed by atoms with Crippen molar-refractivity contribution in [2.45, 2.75) is 32.9 Å². The molecule has 1 heterocycles. The zero-order valence-electron chi connectivity index (χ0n) is 12.0. The first-order valence-electron chi connectivity index (χ1n) is 6.35. The molecule has 0 saturated carbocycles. The maximum Gasteiger partial charge on any atom is 0.281 e. The maximum absolute atomic E-state index is 11.2. The Balaban J connectivity index is 2.74. The van der Waals surface area contributed by atoms with Gasteiger partial charge in [-0.3, -0.25) is 10.1 Å². The normalized spacial score (nSPS) is 11.7. The van der Waals surface area contributed by atoms with Gasteiger partial charge in [-0.1, -0.05) is 11.6 Å². The highest BCUT2D eigenvalue weighted by Gasteiger charge is 2.27. The number of aromatic nitrogens is 3. The molecule has 0 amide bonds. The number of nitro groups is 1. The fourth-order valence-corrected chi connectivity index (χ4v) is 2.34. The van der Waals surface area contributed by atoms with E-state index in [-0.39, 0.29) is 17.8 Å². The van der Waals surface area contributed by atoms with Crippen molar-refractivity contribution >= 4 is 17.3 Å². The molecule has 8 heteroatoms. The van der Waals surface area contributed by atoms with E-state index in [1.807, 2.05) is 25.3 Å². The van der Waals surface area contributed by atoms with E-state index in [0.717, 1.165) is 0 Å². The van der Waals surface area contributed by atoms with Gasteiger partial charge in [-0.2, -0.15) is 0 Å². The van der Waals surface area contributed by atoms with E-state index in [1.54, 1.807) is 12.1 Å². The Morgan fingerprint density at radius 3 is 2.57 bits per heavy atom. The van der Waals surface area contributed by atoms with Crippen molar-refractivity contribution < 1.29 is 4.92 Å².